The highest BCUT2D eigenvalue weighted by Crippen LogP contribution is 2.48. The zero-order chi connectivity index (χ0) is 49.3. The number of imide groups is 1. The van der Waals surface area contributed by atoms with Crippen LogP contribution in [0.15, 0.2) is 41.4 Å². The van der Waals surface area contributed by atoms with E-state index in [1.54, 1.807) is 12.4 Å². The highest BCUT2D eigenvalue weighted by Gasteiger charge is 2.42. The lowest BCUT2D eigenvalue weighted by molar-refractivity contribution is -0.137. The maximum absolute atomic E-state index is 13.3. The van der Waals surface area contributed by atoms with Crippen molar-refractivity contribution in [2.75, 3.05) is 81.0 Å². The molecule has 1 aromatic carbocycles. The molecule has 0 unspecified atom stereocenters. The number of hydrogen-bond acceptors (Lipinski definition) is 17. The van der Waals surface area contributed by atoms with E-state index in [2.05, 4.69) is 77.2 Å². The second kappa shape index (κ2) is 18.1. The van der Waals surface area contributed by atoms with Crippen LogP contribution in [-0.4, -0.2) is 157 Å². The van der Waals surface area contributed by atoms with Gasteiger partial charge in [-0.05, 0) is 91.2 Å². The molecule has 21 heteroatoms. The summed E-state index contributed by atoms with van der Waals surface area (Å²) in [6.45, 7) is 16.7. The van der Waals surface area contributed by atoms with Crippen LogP contribution in [0.1, 0.15) is 90.4 Å². The molecule has 4 saturated heterocycles. The Morgan fingerprint density at radius 2 is 1.58 bits per heavy atom. The van der Waals surface area contributed by atoms with Crippen LogP contribution in [0.25, 0.3) is 33.8 Å². The molecule has 1 saturated carbocycles. The molecular weight excluding hydrogens is 909 g/mol. The normalized spacial score (nSPS) is 20.6. The van der Waals surface area contributed by atoms with Gasteiger partial charge in [-0.3, -0.25) is 24.6 Å². The van der Waals surface area contributed by atoms with E-state index >= 15 is 0 Å². The van der Waals surface area contributed by atoms with Crippen LogP contribution in [0.2, 0.25) is 0 Å². The maximum Gasteiger partial charge on any atom is 0.410 e. The number of amides is 4. The van der Waals surface area contributed by atoms with Gasteiger partial charge in [-0.25, -0.2) is 29.4 Å². The first kappa shape index (κ1) is 46.5. The molecule has 5 aromatic rings. The van der Waals surface area contributed by atoms with Gasteiger partial charge in [0.15, 0.2) is 29.6 Å². The summed E-state index contributed by atoms with van der Waals surface area (Å²) in [6.07, 6.45) is 9.25. The smallest absolute Gasteiger partial charge is 0.410 e. The Bertz CT molecular complexity index is 2870. The number of nitrogens with two attached hydrogens (primary N) is 1. The molecule has 21 nitrogen and oxygen atoms in total. The van der Waals surface area contributed by atoms with Crippen LogP contribution in [-0.2, 0) is 31.1 Å². The van der Waals surface area contributed by atoms with Crippen LogP contribution in [0.4, 0.5) is 22.0 Å². The SMILES string of the molecule is CC(C)(C1CCN(C(=O)COC(=O)N2CC(Oc3cnc(-c4c(-c5nn(C(C)(C)C)c6ncnc(N)c56)noc4C4CC4)nc3)C2)CC1)N1CCN(c2cccc3c2CCN3[C@H]2CCC(=O)NC2=O)CC1. The molecule has 1 atom stereocenters. The number of ether oxygens (including phenoxy) is 2. The molecule has 0 spiro atoms. The van der Waals surface area contributed by atoms with Gasteiger partial charge in [-0.2, -0.15) is 5.10 Å². The number of piperidine rings is 2. The third kappa shape index (κ3) is 8.75. The molecule has 9 heterocycles. The number of piperazine rings is 1. The Balaban J connectivity index is 0.634. The van der Waals surface area contributed by atoms with Crippen molar-refractivity contribution in [1.82, 2.24) is 54.9 Å². The van der Waals surface area contributed by atoms with Gasteiger partial charge in [-0.1, -0.05) is 11.2 Å². The van der Waals surface area contributed by atoms with Crippen LogP contribution in [0, 0.1) is 5.92 Å². The molecule has 71 heavy (non-hydrogen) atoms. The Morgan fingerprint density at radius 1 is 0.845 bits per heavy atom. The van der Waals surface area contributed by atoms with Crippen molar-refractivity contribution >= 4 is 52.0 Å². The molecule has 4 aromatic heterocycles. The minimum atomic E-state index is -0.549. The first-order valence-electron chi connectivity index (χ1n) is 25.0. The lowest BCUT2D eigenvalue weighted by atomic mass is 9.78. The van der Waals surface area contributed by atoms with Crippen molar-refractivity contribution in [2.24, 2.45) is 5.92 Å². The highest BCUT2D eigenvalue weighted by molar-refractivity contribution is 6.02. The van der Waals surface area contributed by atoms with Gasteiger partial charge in [0.25, 0.3) is 5.91 Å². The number of nitrogens with one attached hydrogen (secondary N) is 1. The van der Waals surface area contributed by atoms with E-state index in [1.165, 1.54) is 22.5 Å². The number of carbonyl (C=O) groups is 4. The number of carbonyl (C=O) groups excluding carboxylic acids is 4. The van der Waals surface area contributed by atoms with Crippen LogP contribution in [0.3, 0.4) is 0 Å². The number of rotatable bonds is 11. The summed E-state index contributed by atoms with van der Waals surface area (Å²) in [7, 11) is 0. The Labute approximate surface area is 411 Å². The van der Waals surface area contributed by atoms with Crippen molar-refractivity contribution in [2.45, 2.75) is 109 Å². The summed E-state index contributed by atoms with van der Waals surface area (Å²) >= 11 is 0. The number of likely N-dealkylation sites (tertiary alicyclic amines) is 2. The molecule has 6 aliphatic rings. The first-order chi connectivity index (χ1) is 34.1. The standard InChI is InChI=1S/C50H62N14O7/c1-49(2,3)64-46-40(44(51)54-28-55-46)41(57-64)42-39(43(71-58-42)29-9-10-29)45-52-23-31(24-53-45)70-32-25-61(26-32)48(68)69-27-38(66)60-16-13-30(14-17-60)50(4,5)62-21-19-59(20-22-62)34-7-6-8-35-33(34)15-18-63(35)36-11-12-37(65)56-47(36)67/h6-8,23-24,28-30,32,36H,9-22,25-27H2,1-5H3,(H2,51,54,55)(H,56,65,67)/t36-/m0/s1. The van der Waals surface area contributed by atoms with E-state index < -0.39 is 11.6 Å². The number of nitrogens with zero attached hydrogens (tertiary/aromatic N) is 12. The van der Waals surface area contributed by atoms with Gasteiger partial charge < -0.3 is 39.3 Å². The van der Waals surface area contributed by atoms with E-state index in [4.69, 9.17) is 24.8 Å². The van der Waals surface area contributed by atoms with Gasteiger partial charge in [0.1, 0.15) is 35.7 Å². The summed E-state index contributed by atoms with van der Waals surface area (Å²) in [5.41, 5.74) is 11.8. The monoisotopic (exact) mass is 970 g/mol. The Hall–Kier alpha value is -6.90. The first-order valence-corrected chi connectivity index (χ1v) is 25.0. The maximum atomic E-state index is 13.3. The predicted octanol–water partition coefficient (Wildman–Crippen LogP) is 4.36. The minimum Gasteiger partial charge on any atom is -0.483 e. The van der Waals surface area contributed by atoms with Crippen molar-refractivity contribution < 1.29 is 33.2 Å². The second-order valence-corrected chi connectivity index (χ2v) is 21.3. The molecule has 0 bridgehead atoms. The zero-order valence-electron chi connectivity index (χ0n) is 41.1. The molecule has 5 aliphatic heterocycles. The van der Waals surface area contributed by atoms with E-state index in [9.17, 15) is 19.2 Å². The molecule has 11 rings (SSSR count). The summed E-state index contributed by atoms with van der Waals surface area (Å²) in [5, 5.41) is 12.5. The third-order valence-electron chi connectivity index (χ3n) is 15.5. The fourth-order valence-corrected chi connectivity index (χ4v) is 11.2. The Morgan fingerprint density at radius 3 is 2.28 bits per heavy atom. The summed E-state index contributed by atoms with van der Waals surface area (Å²) in [4.78, 5) is 79.5. The van der Waals surface area contributed by atoms with E-state index in [-0.39, 0.29) is 53.7 Å². The average Bonchev–Trinajstić information content (AvgIpc) is 3.74. The Kier molecular flexibility index (Phi) is 11.8. The molecule has 1 aliphatic carbocycles. The fourth-order valence-electron chi connectivity index (χ4n) is 11.2. The minimum absolute atomic E-state index is 0.0570. The van der Waals surface area contributed by atoms with Gasteiger partial charge in [0, 0.05) is 80.6 Å². The fraction of sp³-hybridized carbons (Fsp3) is 0.560. The summed E-state index contributed by atoms with van der Waals surface area (Å²) < 4.78 is 19.4. The molecular formula is C50H62N14O7. The molecule has 0 radical (unpaired) electrons. The van der Waals surface area contributed by atoms with Gasteiger partial charge >= 0.3 is 6.09 Å². The number of fused-ring (bicyclic) bond motifs is 2. The van der Waals surface area contributed by atoms with Gasteiger partial charge in [-0.15, -0.1) is 0 Å². The van der Waals surface area contributed by atoms with Crippen LogP contribution >= 0.6 is 0 Å². The number of benzene rings is 1. The van der Waals surface area contributed by atoms with Crippen molar-refractivity contribution in [1.29, 1.82) is 0 Å². The van der Waals surface area contributed by atoms with Gasteiger partial charge in [0.05, 0.1) is 42.0 Å². The topological polar surface area (TPSA) is 236 Å². The molecule has 4 amide bonds. The molecule has 3 N–H and O–H groups in total. The van der Waals surface area contributed by atoms with Crippen molar-refractivity contribution in [3.8, 4) is 28.5 Å². The quantitative estimate of drug-likeness (QED) is 0.175. The largest absolute Gasteiger partial charge is 0.483 e. The highest BCUT2D eigenvalue weighted by atomic mass is 16.6. The van der Waals surface area contributed by atoms with Crippen LogP contribution in [0.5, 0.6) is 5.75 Å². The number of aromatic nitrogens is 7. The van der Waals surface area contributed by atoms with Crippen molar-refractivity contribution in [3.05, 3.63) is 48.2 Å². The summed E-state index contributed by atoms with van der Waals surface area (Å²) in [5.74, 6) is 1.86. The number of nitrogen functional groups attached to an aromatic ring is 1. The lowest BCUT2D eigenvalue weighted by Crippen LogP contribution is -2.59. The lowest BCUT2D eigenvalue weighted by Gasteiger charge is -2.50. The number of anilines is 3. The second-order valence-electron chi connectivity index (χ2n) is 21.3. The molecule has 374 valence electrons. The average molecular weight is 971 g/mol. The van der Waals surface area contributed by atoms with Crippen LogP contribution < -0.4 is 25.6 Å². The van der Waals surface area contributed by atoms with Gasteiger partial charge in [0.2, 0.25) is 11.8 Å². The van der Waals surface area contributed by atoms with E-state index in [0.717, 1.165) is 70.5 Å². The van der Waals surface area contributed by atoms with E-state index in [1.807, 2.05) is 30.4 Å². The summed E-state index contributed by atoms with van der Waals surface area (Å²) in [6, 6.07) is 6.08. The predicted molar refractivity (Wildman–Crippen MR) is 261 cm³/mol. The molecule has 5 fully saturated rings. The van der Waals surface area contributed by atoms with E-state index in [0.29, 0.717) is 90.3 Å². The number of hydrogen-bond donors (Lipinski definition) is 2. The van der Waals surface area contributed by atoms with Crippen molar-refractivity contribution in [3.63, 3.8) is 0 Å². The third-order valence-corrected chi connectivity index (χ3v) is 15.5. The zero-order valence-corrected chi connectivity index (χ0v) is 41.1.